The van der Waals surface area contributed by atoms with Crippen LogP contribution in [0.3, 0.4) is 0 Å². The first kappa shape index (κ1) is 14.7. The predicted octanol–water partition coefficient (Wildman–Crippen LogP) is 3.33. The topological polar surface area (TPSA) is 45.2 Å². The Labute approximate surface area is 122 Å². The summed E-state index contributed by atoms with van der Waals surface area (Å²) in [5, 5.41) is 18.4. The van der Waals surface area contributed by atoms with Gasteiger partial charge in [-0.25, -0.2) is 4.98 Å². The van der Waals surface area contributed by atoms with Gasteiger partial charge in [0.15, 0.2) is 0 Å². The molecule has 0 aliphatic heterocycles. The number of aromatic nitrogens is 1. The standard InChI is InChI=1S/C14H20N2OS2/c1-14(2,3)13-16-7-11(19-13)6-15-8-12(17)10-4-5-18-9-10/h4-5,7,9,12,15,17H,6,8H2,1-3H3. The average Bonchev–Trinajstić information content (AvgIpc) is 2.99. The molecule has 0 fully saturated rings. The molecule has 2 N–H and O–H groups in total. The van der Waals surface area contributed by atoms with E-state index < -0.39 is 6.10 Å². The molecule has 1 atom stereocenters. The van der Waals surface area contributed by atoms with Gasteiger partial charge in [0.05, 0.1) is 11.1 Å². The van der Waals surface area contributed by atoms with Crippen LogP contribution in [0.5, 0.6) is 0 Å². The lowest BCUT2D eigenvalue weighted by molar-refractivity contribution is 0.175. The highest BCUT2D eigenvalue weighted by atomic mass is 32.1. The van der Waals surface area contributed by atoms with Crippen LogP contribution in [0.25, 0.3) is 0 Å². The van der Waals surface area contributed by atoms with Gasteiger partial charge < -0.3 is 10.4 Å². The van der Waals surface area contributed by atoms with Crippen molar-refractivity contribution in [2.75, 3.05) is 6.54 Å². The van der Waals surface area contributed by atoms with Gasteiger partial charge in [-0.15, -0.1) is 11.3 Å². The third kappa shape index (κ3) is 4.11. The molecule has 0 aliphatic rings. The summed E-state index contributed by atoms with van der Waals surface area (Å²) < 4.78 is 0. The minimum Gasteiger partial charge on any atom is -0.387 e. The summed E-state index contributed by atoms with van der Waals surface area (Å²) in [4.78, 5) is 5.66. The highest BCUT2D eigenvalue weighted by molar-refractivity contribution is 7.11. The van der Waals surface area contributed by atoms with E-state index in [1.165, 1.54) is 4.88 Å². The molecule has 104 valence electrons. The largest absolute Gasteiger partial charge is 0.387 e. The summed E-state index contributed by atoms with van der Waals surface area (Å²) in [5.74, 6) is 0. The zero-order valence-electron chi connectivity index (χ0n) is 11.5. The molecule has 0 saturated heterocycles. The first-order valence-corrected chi connectivity index (χ1v) is 8.09. The minimum atomic E-state index is -0.429. The Bertz CT molecular complexity index is 500. The molecule has 2 heterocycles. The van der Waals surface area contributed by atoms with Crippen LogP contribution in [0, 0.1) is 0 Å². The van der Waals surface area contributed by atoms with Crippen LogP contribution in [-0.2, 0) is 12.0 Å². The van der Waals surface area contributed by atoms with E-state index >= 15 is 0 Å². The maximum Gasteiger partial charge on any atom is 0.0981 e. The second kappa shape index (κ2) is 6.13. The van der Waals surface area contributed by atoms with Gasteiger partial charge in [-0.2, -0.15) is 11.3 Å². The normalized spacial score (nSPS) is 13.7. The van der Waals surface area contributed by atoms with Crippen molar-refractivity contribution in [2.45, 2.75) is 38.8 Å². The fourth-order valence-corrected chi connectivity index (χ4v) is 3.30. The van der Waals surface area contributed by atoms with Crippen molar-refractivity contribution in [3.05, 3.63) is 38.5 Å². The Kier molecular flexibility index (Phi) is 4.73. The van der Waals surface area contributed by atoms with Crippen molar-refractivity contribution < 1.29 is 5.11 Å². The molecular formula is C14H20N2OS2. The summed E-state index contributed by atoms with van der Waals surface area (Å²) in [6.07, 6.45) is 1.50. The van der Waals surface area contributed by atoms with Crippen molar-refractivity contribution in [3.63, 3.8) is 0 Å². The van der Waals surface area contributed by atoms with Gasteiger partial charge in [0.1, 0.15) is 0 Å². The van der Waals surface area contributed by atoms with Crippen LogP contribution in [0.2, 0.25) is 0 Å². The van der Waals surface area contributed by atoms with Crippen LogP contribution >= 0.6 is 22.7 Å². The Balaban J connectivity index is 1.81. The van der Waals surface area contributed by atoms with Crippen molar-refractivity contribution in [2.24, 2.45) is 0 Å². The molecule has 0 saturated carbocycles. The molecule has 0 radical (unpaired) electrons. The lowest BCUT2D eigenvalue weighted by Gasteiger charge is -2.13. The van der Waals surface area contributed by atoms with E-state index in [0.29, 0.717) is 6.54 Å². The lowest BCUT2D eigenvalue weighted by atomic mass is 9.98. The van der Waals surface area contributed by atoms with E-state index in [0.717, 1.165) is 17.1 Å². The molecule has 2 aromatic rings. The summed E-state index contributed by atoms with van der Waals surface area (Å²) >= 11 is 3.34. The number of thiophene rings is 1. The van der Waals surface area contributed by atoms with Gasteiger partial charge in [0, 0.05) is 29.6 Å². The highest BCUT2D eigenvalue weighted by Crippen LogP contribution is 2.26. The molecule has 19 heavy (non-hydrogen) atoms. The van der Waals surface area contributed by atoms with Crippen molar-refractivity contribution in [3.8, 4) is 0 Å². The molecule has 0 amide bonds. The van der Waals surface area contributed by atoms with E-state index in [1.54, 1.807) is 22.7 Å². The van der Waals surface area contributed by atoms with Gasteiger partial charge in [-0.1, -0.05) is 20.8 Å². The maximum absolute atomic E-state index is 9.95. The molecule has 2 aromatic heterocycles. The van der Waals surface area contributed by atoms with Crippen LogP contribution in [-0.4, -0.2) is 16.6 Å². The van der Waals surface area contributed by atoms with Gasteiger partial charge in [0.2, 0.25) is 0 Å². The molecule has 0 bridgehead atoms. The fraction of sp³-hybridized carbons (Fsp3) is 0.500. The molecule has 2 rings (SSSR count). The highest BCUT2D eigenvalue weighted by Gasteiger charge is 2.17. The molecule has 5 heteroatoms. The molecule has 0 aliphatic carbocycles. The molecule has 0 aromatic carbocycles. The maximum atomic E-state index is 9.95. The summed E-state index contributed by atoms with van der Waals surface area (Å²) in [5.41, 5.74) is 1.09. The number of aliphatic hydroxyl groups is 1. The Hall–Kier alpha value is -0.750. The zero-order valence-corrected chi connectivity index (χ0v) is 13.1. The number of thiazole rings is 1. The fourth-order valence-electron chi connectivity index (χ4n) is 1.65. The van der Waals surface area contributed by atoms with E-state index in [-0.39, 0.29) is 5.41 Å². The van der Waals surface area contributed by atoms with Gasteiger partial charge in [-0.05, 0) is 22.4 Å². The molecule has 3 nitrogen and oxygen atoms in total. The monoisotopic (exact) mass is 296 g/mol. The third-order valence-corrected chi connectivity index (χ3v) is 4.88. The Morgan fingerprint density at radius 2 is 2.21 bits per heavy atom. The van der Waals surface area contributed by atoms with E-state index in [1.807, 2.05) is 23.0 Å². The number of hydrogen-bond acceptors (Lipinski definition) is 5. The van der Waals surface area contributed by atoms with Gasteiger partial charge >= 0.3 is 0 Å². The number of nitrogens with zero attached hydrogens (tertiary/aromatic N) is 1. The summed E-state index contributed by atoms with van der Waals surface area (Å²) in [6, 6.07) is 1.96. The smallest absolute Gasteiger partial charge is 0.0981 e. The van der Waals surface area contributed by atoms with E-state index in [2.05, 4.69) is 31.1 Å². The number of rotatable bonds is 5. The van der Waals surface area contributed by atoms with Crippen LogP contribution in [0.4, 0.5) is 0 Å². The first-order chi connectivity index (χ1) is 8.97. The van der Waals surface area contributed by atoms with E-state index in [9.17, 15) is 5.11 Å². The zero-order chi connectivity index (χ0) is 13.9. The van der Waals surface area contributed by atoms with Crippen molar-refractivity contribution in [1.29, 1.82) is 0 Å². The second-order valence-corrected chi connectivity index (χ2v) is 7.48. The van der Waals surface area contributed by atoms with Crippen molar-refractivity contribution in [1.82, 2.24) is 10.3 Å². The Morgan fingerprint density at radius 3 is 2.79 bits per heavy atom. The summed E-state index contributed by atoms with van der Waals surface area (Å²) in [6.45, 7) is 7.84. The van der Waals surface area contributed by atoms with Gasteiger partial charge in [0.25, 0.3) is 0 Å². The van der Waals surface area contributed by atoms with Crippen LogP contribution < -0.4 is 5.32 Å². The Morgan fingerprint density at radius 1 is 1.42 bits per heavy atom. The quantitative estimate of drug-likeness (QED) is 0.889. The predicted molar refractivity (Wildman–Crippen MR) is 81.8 cm³/mol. The number of nitrogens with one attached hydrogen (secondary N) is 1. The number of hydrogen-bond donors (Lipinski definition) is 2. The van der Waals surface area contributed by atoms with Gasteiger partial charge in [-0.3, -0.25) is 0 Å². The van der Waals surface area contributed by atoms with E-state index in [4.69, 9.17) is 0 Å². The first-order valence-electron chi connectivity index (χ1n) is 6.33. The minimum absolute atomic E-state index is 0.110. The number of aliphatic hydroxyl groups excluding tert-OH is 1. The molecule has 1 unspecified atom stereocenters. The molecule has 0 spiro atoms. The van der Waals surface area contributed by atoms with Crippen LogP contribution in [0.1, 0.15) is 42.3 Å². The van der Waals surface area contributed by atoms with Crippen LogP contribution in [0.15, 0.2) is 23.0 Å². The average molecular weight is 296 g/mol. The molecular weight excluding hydrogens is 276 g/mol. The van der Waals surface area contributed by atoms with Crippen molar-refractivity contribution >= 4 is 22.7 Å². The second-order valence-electron chi connectivity index (χ2n) is 5.59. The third-order valence-electron chi connectivity index (χ3n) is 2.76. The lowest BCUT2D eigenvalue weighted by Crippen LogP contribution is -2.20. The SMILES string of the molecule is CC(C)(C)c1ncc(CNCC(O)c2ccsc2)s1. The summed E-state index contributed by atoms with van der Waals surface area (Å²) in [7, 11) is 0.